The lowest BCUT2D eigenvalue weighted by Crippen LogP contribution is -2.24. The molecule has 1 heterocycles. The fraction of sp³-hybridized carbons (Fsp3) is 0.450. The van der Waals surface area contributed by atoms with Gasteiger partial charge in [0.15, 0.2) is 0 Å². The third-order valence-corrected chi connectivity index (χ3v) is 4.23. The van der Waals surface area contributed by atoms with Crippen molar-refractivity contribution < 1.29 is 4.79 Å². The smallest absolute Gasteiger partial charge is 0.254 e. The zero-order valence-corrected chi connectivity index (χ0v) is 16.0. The molecule has 0 aliphatic heterocycles. The number of rotatable bonds is 10. The molecule has 1 amide bonds. The number of anilines is 3. The molecule has 6 heteroatoms. The van der Waals surface area contributed by atoms with Crippen LogP contribution in [-0.4, -0.2) is 35.5 Å². The summed E-state index contributed by atoms with van der Waals surface area (Å²) in [4.78, 5) is 22.8. The maximum atomic E-state index is 12.0. The van der Waals surface area contributed by atoms with E-state index < -0.39 is 0 Å². The molecule has 2 aromatic rings. The molecule has 0 aliphatic carbocycles. The second-order valence-electron chi connectivity index (χ2n) is 6.10. The molecule has 140 valence electrons. The van der Waals surface area contributed by atoms with E-state index in [0.717, 1.165) is 38.0 Å². The molecule has 0 saturated carbocycles. The van der Waals surface area contributed by atoms with Crippen molar-refractivity contribution in [3.05, 3.63) is 42.2 Å². The van der Waals surface area contributed by atoms with Gasteiger partial charge in [-0.3, -0.25) is 4.79 Å². The number of carbonyl (C=O) groups is 1. The Balaban J connectivity index is 1.91. The molecular weight excluding hydrogens is 326 g/mol. The van der Waals surface area contributed by atoms with Gasteiger partial charge in [-0.1, -0.05) is 19.8 Å². The molecule has 2 N–H and O–H groups in total. The van der Waals surface area contributed by atoms with Gasteiger partial charge in [-0.25, -0.2) is 9.97 Å². The normalized spacial score (nSPS) is 10.4. The van der Waals surface area contributed by atoms with Crippen LogP contribution in [0.15, 0.2) is 36.7 Å². The number of nitrogens with zero attached hydrogens (tertiary/aromatic N) is 3. The monoisotopic (exact) mass is 355 g/mol. The number of hydrogen-bond acceptors (Lipinski definition) is 5. The summed E-state index contributed by atoms with van der Waals surface area (Å²) in [5.74, 6) is 0.347. The van der Waals surface area contributed by atoms with Gasteiger partial charge in [0.05, 0.1) is 5.56 Å². The highest BCUT2D eigenvalue weighted by molar-refractivity contribution is 5.93. The number of amides is 1. The van der Waals surface area contributed by atoms with Crippen molar-refractivity contribution in [2.24, 2.45) is 0 Å². The lowest BCUT2D eigenvalue weighted by Gasteiger charge is -2.21. The number of carbonyl (C=O) groups excluding carboxylic acids is 1. The van der Waals surface area contributed by atoms with Crippen molar-refractivity contribution in [1.82, 2.24) is 15.3 Å². The Labute approximate surface area is 156 Å². The van der Waals surface area contributed by atoms with E-state index >= 15 is 0 Å². The van der Waals surface area contributed by atoms with Gasteiger partial charge in [-0.2, -0.15) is 0 Å². The quantitative estimate of drug-likeness (QED) is 0.631. The summed E-state index contributed by atoms with van der Waals surface area (Å²) >= 11 is 0. The van der Waals surface area contributed by atoms with Crippen molar-refractivity contribution in [2.75, 3.05) is 29.9 Å². The van der Waals surface area contributed by atoms with E-state index in [1.165, 1.54) is 5.69 Å². The van der Waals surface area contributed by atoms with Crippen LogP contribution in [0.25, 0.3) is 0 Å². The Morgan fingerprint density at radius 2 is 1.65 bits per heavy atom. The first kappa shape index (κ1) is 19.7. The summed E-state index contributed by atoms with van der Waals surface area (Å²) in [5.41, 5.74) is 2.58. The highest BCUT2D eigenvalue weighted by Gasteiger charge is 2.07. The zero-order chi connectivity index (χ0) is 18.8. The van der Waals surface area contributed by atoms with Crippen LogP contribution in [0, 0.1) is 0 Å². The van der Waals surface area contributed by atoms with Gasteiger partial charge < -0.3 is 15.5 Å². The molecule has 0 bridgehead atoms. The summed E-state index contributed by atoms with van der Waals surface area (Å²) in [5, 5.41) is 6.05. The lowest BCUT2D eigenvalue weighted by atomic mass is 10.2. The maximum absolute atomic E-state index is 12.0. The summed E-state index contributed by atoms with van der Waals surface area (Å²) in [7, 11) is 0. The van der Waals surface area contributed by atoms with Crippen LogP contribution in [-0.2, 0) is 0 Å². The largest absolute Gasteiger partial charge is 0.372 e. The van der Waals surface area contributed by atoms with Gasteiger partial charge in [0.2, 0.25) is 5.95 Å². The first-order valence-electron chi connectivity index (χ1n) is 9.40. The Morgan fingerprint density at radius 3 is 2.23 bits per heavy atom. The van der Waals surface area contributed by atoms with Crippen LogP contribution in [0.5, 0.6) is 0 Å². The van der Waals surface area contributed by atoms with Crippen molar-refractivity contribution >= 4 is 23.2 Å². The Hall–Kier alpha value is -2.63. The van der Waals surface area contributed by atoms with E-state index in [1.807, 2.05) is 12.1 Å². The maximum Gasteiger partial charge on any atom is 0.254 e. The lowest BCUT2D eigenvalue weighted by molar-refractivity contribution is 0.0952. The second kappa shape index (κ2) is 10.4. The Morgan fingerprint density at radius 1 is 1.00 bits per heavy atom. The number of nitrogens with one attached hydrogen (secondary N) is 2. The van der Waals surface area contributed by atoms with Gasteiger partial charge in [0, 0.05) is 43.4 Å². The molecule has 26 heavy (non-hydrogen) atoms. The number of benzene rings is 1. The van der Waals surface area contributed by atoms with Gasteiger partial charge in [-0.15, -0.1) is 0 Å². The molecule has 0 fully saturated rings. The van der Waals surface area contributed by atoms with E-state index in [0.29, 0.717) is 18.1 Å². The second-order valence-corrected chi connectivity index (χ2v) is 6.10. The van der Waals surface area contributed by atoms with E-state index in [9.17, 15) is 4.79 Å². The molecule has 2 rings (SSSR count). The van der Waals surface area contributed by atoms with E-state index in [4.69, 9.17) is 0 Å². The van der Waals surface area contributed by atoms with Crippen molar-refractivity contribution in [1.29, 1.82) is 0 Å². The zero-order valence-electron chi connectivity index (χ0n) is 16.0. The average molecular weight is 355 g/mol. The third-order valence-electron chi connectivity index (χ3n) is 4.23. The van der Waals surface area contributed by atoms with E-state index in [2.05, 4.69) is 58.4 Å². The Bertz CT molecular complexity index is 666. The molecule has 6 nitrogen and oxygen atoms in total. The molecule has 0 radical (unpaired) electrons. The third kappa shape index (κ3) is 5.72. The van der Waals surface area contributed by atoms with Crippen LogP contribution < -0.4 is 15.5 Å². The van der Waals surface area contributed by atoms with E-state index in [1.54, 1.807) is 12.4 Å². The predicted octanol–water partition coefficient (Wildman–Crippen LogP) is 3.99. The fourth-order valence-electron chi connectivity index (χ4n) is 2.66. The van der Waals surface area contributed by atoms with Crippen molar-refractivity contribution in [3.8, 4) is 0 Å². The van der Waals surface area contributed by atoms with Crippen LogP contribution in [0.2, 0.25) is 0 Å². The van der Waals surface area contributed by atoms with Crippen molar-refractivity contribution in [2.45, 2.75) is 40.0 Å². The van der Waals surface area contributed by atoms with Crippen LogP contribution in [0.3, 0.4) is 0 Å². The standard InChI is InChI=1S/C20H29N5O/c1-4-7-8-13-21-19(26)16-14-22-20(23-15-16)24-17-9-11-18(12-10-17)25(5-2)6-3/h9-12,14-15H,4-8,13H2,1-3H3,(H,21,26)(H,22,23,24). The minimum absolute atomic E-state index is 0.128. The van der Waals surface area contributed by atoms with Gasteiger partial charge in [-0.05, 0) is 44.5 Å². The van der Waals surface area contributed by atoms with E-state index in [-0.39, 0.29) is 5.91 Å². The first-order valence-corrected chi connectivity index (χ1v) is 9.40. The molecule has 0 spiro atoms. The van der Waals surface area contributed by atoms with Crippen molar-refractivity contribution in [3.63, 3.8) is 0 Å². The van der Waals surface area contributed by atoms with Gasteiger partial charge >= 0.3 is 0 Å². The highest BCUT2D eigenvalue weighted by Crippen LogP contribution is 2.19. The SMILES string of the molecule is CCCCCNC(=O)c1cnc(Nc2ccc(N(CC)CC)cc2)nc1. The minimum atomic E-state index is -0.128. The summed E-state index contributed by atoms with van der Waals surface area (Å²) in [6, 6.07) is 8.16. The summed E-state index contributed by atoms with van der Waals surface area (Å²) in [6.07, 6.45) is 6.34. The molecule has 1 aromatic carbocycles. The minimum Gasteiger partial charge on any atom is -0.372 e. The summed E-state index contributed by atoms with van der Waals surface area (Å²) < 4.78 is 0. The fourth-order valence-corrected chi connectivity index (χ4v) is 2.66. The molecule has 0 saturated heterocycles. The molecule has 0 unspecified atom stereocenters. The Kier molecular flexibility index (Phi) is 7.86. The molecule has 1 aromatic heterocycles. The summed E-state index contributed by atoms with van der Waals surface area (Å²) in [6.45, 7) is 9.07. The average Bonchev–Trinajstić information content (AvgIpc) is 2.68. The number of hydrogen-bond donors (Lipinski definition) is 2. The van der Waals surface area contributed by atoms with Crippen LogP contribution in [0.4, 0.5) is 17.3 Å². The van der Waals surface area contributed by atoms with Crippen LogP contribution >= 0.6 is 0 Å². The molecule has 0 aliphatic rings. The number of unbranched alkanes of at least 4 members (excludes halogenated alkanes) is 2. The highest BCUT2D eigenvalue weighted by atomic mass is 16.1. The molecular formula is C20H29N5O. The molecule has 0 atom stereocenters. The number of aromatic nitrogens is 2. The van der Waals surface area contributed by atoms with Gasteiger partial charge in [0.1, 0.15) is 0 Å². The topological polar surface area (TPSA) is 70.2 Å². The first-order chi connectivity index (χ1) is 12.7. The van der Waals surface area contributed by atoms with Gasteiger partial charge in [0.25, 0.3) is 5.91 Å². The van der Waals surface area contributed by atoms with Crippen LogP contribution in [0.1, 0.15) is 50.4 Å². The predicted molar refractivity (Wildman–Crippen MR) is 107 cm³/mol.